The maximum Gasteiger partial charge on any atom is 0.245 e. The van der Waals surface area contributed by atoms with Crippen LogP contribution < -0.4 is 4.31 Å². The lowest BCUT2D eigenvalue weighted by atomic mass is 10.0. The van der Waals surface area contributed by atoms with Gasteiger partial charge >= 0.3 is 0 Å². The zero-order chi connectivity index (χ0) is 11.8. The predicted molar refractivity (Wildman–Crippen MR) is 69.6 cm³/mol. The zero-order valence-electron chi connectivity index (χ0n) is 9.11. The van der Waals surface area contributed by atoms with Crippen molar-refractivity contribution in [2.24, 2.45) is 0 Å². The summed E-state index contributed by atoms with van der Waals surface area (Å²) in [5, 5.41) is 0. The molecule has 1 aromatic rings. The number of fused-ring (bicyclic) bond motifs is 1. The molecule has 1 aliphatic rings. The molecule has 1 heterocycles. The van der Waals surface area contributed by atoms with Crippen molar-refractivity contribution in [3.8, 4) is 0 Å². The van der Waals surface area contributed by atoms with Crippen molar-refractivity contribution in [3.05, 3.63) is 29.3 Å². The molecule has 3 nitrogen and oxygen atoms in total. The van der Waals surface area contributed by atoms with Crippen LogP contribution in [0.3, 0.4) is 0 Å². The van der Waals surface area contributed by atoms with E-state index in [0.29, 0.717) is 6.54 Å². The SMILES string of the molecule is Cc1ccc2c(c1)CCCN2S(=O)(=O)CBr. The monoisotopic (exact) mass is 303 g/mol. The van der Waals surface area contributed by atoms with E-state index in [1.54, 1.807) is 0 Å². The van der Waals surface area contributed by atoms with E-state index >= 15 is 0 Å². The molecule has 88 valence electrons. The van der Waals surface area contributed by atoms with Crippen molar-refractivity contribution in [2.75, 3.05) is 15.5 Å². The number of anilines is 1. The average Bonchev–Trinajstić information content (AvgIpc) is 2.27. The van der Waals surface area contributed by atoms with E-state index in [1.165, 1.54) is 9.87 Å². The quantitative estimate of drug-likeness (QED) is 0.787. The molecule has 0 radical (unpaired) electrons. The van der Waals surface area contributed by atoms with Gasteiger partial charge in [0.05, 0.1) is 5.69 Å². The summed E-state index contributed by atoms with van der Waals surface area (Å²) < 4.78 is 25.3. The molecule has 0 bridgehead atoms. The molecule has 0 fully saturated rings. The Bertz CT molecular complexity index is 499. The molecule has 0 N–H and O–H groups in total. The fraction of sp³-hybridized carbons (Fsp3) is 0.455. The highest BCUT2D eigenvalue weighted by molar-refractivity contribution is 9.10. The van der Waals surface area contributed by atoms with E-state index in [-0.39, 0.29) is 4.66 Å². The van der Waals surface area contributed by atoms with Crippen LogP contribution in [0.4, 0.5) is 5.69 Å². The van der Waals surface area contributed by atoms with Crippen molar-refractivity contribution in [3.63, 3.8) is 0 Å². The molecule has 0 unspecified atom stereocenters. The molecule has 0 spiro atoms. The van der Waals surface area contributed by atoms with Gasteiger partial charge in [-0.2, -0.15) is 0 Å². The molecular formula is C11H14BrNO2S. The lowest BCUT2D eigenvalue weighted by Gasteiger charge is -2.30. The minimum Gasteiger partial charge on any atom is -0.269 e. The Balaban J connectivity index is 2.49. The average molecular weight is 304 g/mol. The van der Waals surface area contributed by atoms with Crippen molar-refractivity contribution in [1.82, 2.24) is 0 Å². The number of nitrogens with zero attached hydrogens (tertiary/aromatic N) is 1. The zero-order valence-corrected chi connectivity index (χ0v) is 11.5. The molecule has 0 atom stereocenters. The summed E-state index contributed by atoms with van der Waals surface area (Å²) in [6, 6.07) is 5.94. The van der Waals surface area contributed by atoms with Crippen LogP contribution >= 0.6 is 15.9 Å². The van der Waals surface area contributed by atoms with Gasteiger partial charge in [0.1, 0.15) is 4.66 Å². The second-order valence-electron chi connectivity index (χ2n) is 4.03. The van der Waals surface area contributed by atoms with Crippen LogP contribution in [0.5, 0.6) is 0 Å². The lowest BCUT2D eigenvalue weighted by Crippen LogP contribution is -2.36. The van der Waals surface area contributed by atoms with Crippen LogP contribution in [0, 0.1) is 6.92 Å². The summed E-state index contributed by atoms with van der Waals surface area (Å²) in [7, 11) is -3.20. The second-order valence-corrected chi connectivity index (χ2v) is 7.23. The van der Waals surface area contributed by atoms with Crippen LogP contribution in [-0.2, 0) is 16.4 Å². The summed E-state index contributed by atoms with van der Waals surface area (Å²) in [6.45, 7) is 2.61. The smallest absolute Gasteiger partial charge is 0.245 e. The summed E-state index contributed by atoms with van der Waals surface area (Å²) in [6.07, 6.45) is 1.86. The van der Waals surface area contributed by atoms with Gasteiger partial charge in [-0.15, -0.1) is 0 Å². The number of sulfonamides is 1. The first-order chi connectivity index (χ1) is 7.54. The van der Waals surface area contributed by atoms with Crippen LogP contribution in [-0.4, -0.2) is 19.6 Å². The van der Waals surface area contributed by atoms with Crippen LogP contribution in [0.15, 0.2) is 18.2 Å². The third-order valence-corrected chi connectivity index (χ3v) is 5.85. The Morgan fingerprint density at radius 1 is 1.44 bits per heavy atom. The van der Waals surface area contributed by atoms with Gasteiger partial charge in [-0.25, -0.2) is 8.42 Å². The van der Waals surface area contributed by atoms with E-state index in [0.717, 1.165) is 24.1 Å². The first-order valence-electron chi connectivity index (χ1n) is 5.20. The van der Waals surface area contributed by atoms with E-state index in [9.17, 15) is 8.42 Å². The molecule has 0 saturated carbocycles. The molecule has 0 amide bonds. The van der Waals surface area contributed by atoms with E-state index in [4.69, 9.17) is 0 Å². The molecule has 0 aliphatic carbocycles. The minimum absolute atomic E-state index is 0.0205. The van der Waals surface area contributed by atoms with Crippen LogP contribution in [0.25, 0.3) is 0 Å². The van der Waals surface area contributed by atoms with Gasteiger partial charge in [-0.3, -0.25) is 4.31 Å². The minimum atomic E-state index is -3.20. The molecule has 5 heteroatoms. The lowest BCUT2D eigenvalue weighted by molar-refractivity contribution is 0.591. The molecule has 16 heavy (non-hydrogen) atoms. The van der Waals surface area contributed by atoms with E-state index in [2.05, 4.69) is 22.0 Å². The Kier molecular flexibility index (Phi) is 3.26. The highest BCUT2D eigenvalue weighted by Crippen LogP contribution is 2.30. The summed E-state index contributed by atoms with van der Waals surface area (Å²) in [4.78, 5) is 0. The second kappa shape index (κ2) is 4.37. The Hall–Kier alpha value is -0.550. The Morgan fingerprint density at radius 2 is 2.19 bits per heavy atom. The summed E-state index contributed by atoms with van der Waals surface area (Å²) in [5.41, 5.74) is 3.16. The number of hydrogen-bond acceptors (Lipinski definition) is 2. The molecule has 1 aromatic carbocycles. The molecule has 0 aromatic heterocycles. The van der Waals surface area contributed by atoms with Crippen LogP contribution in [0.1, 0.15) is 17.5 Å². The number of aryl methyl sites for hydroxylation is 2. The van der Waals surface area contributed by atoms with Crippen molar-refractivity contribution in [1.29, 1.82) is 0 Å². The van der Waals surface area contributed by atoms with Gasteiger partial charge < -0.3 is 0 Å². The third-order valence-electron chi connectivity index (χ3n) is 2.78. The van der Waals surface area contributed by atoms with Crippen molar-refractivity contribution >= 4 is 31.6 Å². The first kappa shape index (κ1) is 11.9. The fourth-order valence-corrected chi connectivity index (χ4v) is 3.78. The summed E-state index contributed by atoms with van der Waals surface area (Å²) in [5.74, 6) is 0. The van der Waals surface area contributed by atoms with Gasteiger partial charge in [0.25, 0.3) is 0 Å². The van der Waals surface area contributed by atoms with Gasteiger partial charge in [0, 0.05) is 6.54 Å². The largest absolute Gasteiger partial charge is 0.269 e. The highest BCUT2D eigenvalue weighted by Gasteiger charge is 2.26. The Morgan fingerprint density at radius 3 is 2.88 bits per heavy atom. The van der Waals surface area contributed by atoms with Gasteiger partial charge in [0.2, 0.25) is 10.0 Å². The first-order valence-corrected chi connectivity index (χ1v) is 7.93. The predicted octanol–water partition coefficient (Wildman–Crippen LogP) is 2.43. The van der Waals surface area contributed by atoms with Gasteiger partial charge in [-0.05, 0) is 31.4 Å². The number of benzene rings is 1. The topological polar surface area (TPSA) is 37.4 Å². The number of rotatable bonds is 2. The molecule has 2 rings (SSSR count). The normalized spacial score (nSPS) is 16.0. The van der Waals surface area contributed by atoms with Crippen molar-refractivity contribution < 1.29 is 8.42 Å². The van der Waals surface area contributed by atoms with E-state index in [1.807, 2.05) is 19.1 Å². The van der Waals surface area contributed by atoms with Gasteiger partial charge in [-0.1, -0.05) is 33.6 Å². The standard InChI is InChI=1S/C11H14BrNO2S/c1-9-4-5-11-10(7-9)3-2-6-13(11)16(14,15)8-12/h4-5,7H,2-3,6,8H2,1H3. The van der Waals surface area contributed by atoms with Crippen molar-refractivity contribution in [2.45, 2.75) is 19.8 Å². The maximum absolute atomic E-state index is 11.9. The van der Waals surface area contributed by atoms with Crippen LogP contribution in [0.2, 0.25) is 0 Å². The number of alkyl halides is 1. The molecule has 0 saturated heterocycles. The van der Waals surface area contributed by atoms with Gasteiger partial charge in [0.15, 0.2) is 0 Å². The molecule has 1 aliphatic heterocycles. The fourth-order valence-electron chi connectivity index (χ4n) is 2.04. The summed E-state index contributed by atoms with van der Waals surface area (Å²) >= 11 is 3.04. The van der Waals surface area contributed by atoms with E-state index < -0.39 is 10.0 Å². The number of hydrogen-bond donors (Lipinski definition) is 0. The molecular weight excluding hydrogens is 290 g/mol. The maximum atomic E-state index is 11.9. The highest BCUT2D eigenvalue weighted by atomic mass is 79.9. The Labute approximate surface area is 105 Å². The third kappa shape index (κ3) is 2.11. The number of halogens is 1.